The predicted molar refractivity (Wildman–Crippen MR) is 61.9 cm³/mol. The first-order valence-electron chi connectivity index (χ1n) is 5.47. The van der Waals surface area contributed by atoms with Gasteiger partial charge < -0.3 is 10.6 Å². The molecular weight excluding hydrogens is 172 g/mol. The third-order valence-electron chi connectivity index (χ3n) is 2.97. The summed E-state index contributed by atoms with van der Waals surface area (Å²) >= 11 is 0. The number of hydrogen-bond donors (Lipinski definition) is 1. The smallest absolute Gasteiger partial charge is 0.00836 e. The standard InChI is InChI=1S/C12H22N2/c1-4-14(3)9-10(2)11-5-7-12(13)8-6-11/h5,7,10H,4,6,8-9,13H2,1-3H3. The van der Waals surface area contributed by atoms with Crippen molar-refractivity contribution < 1.29 is 0 Å². The highest BCUT2D eigenvalue weighted by Gasteiger charge is 2.12. The van der Waals surface area contributed by atoms with Gasteiger partial charge in [0.15, 0.2) is 0 Å². The molecule has 0 fully saturated rings. The molecule has 1 rings (SSSR count). The highest BCUT2D eigenvalue weighted by molar-refractivity contribution is 5.23. The third kappa shape index (κ3) is 3.18. The van der Waals surface area contributed by atoms with Crippen LogP contribution in [0.3, 0.4) is 0 Å². The normalized spacial score (nSPS) is 19.1. The summed E-state index contributed by atoms with van der Waals surface area (Å²) in [6.45, 7) is 6.76. The van der Waals surface area contributed by atoms with Gasteiger partial charge in [0, 0.05) is 12.2 Å². The van der Waals surface area contributed by atoms with Crippen LogP contribution in [0.4, 0.5) is 0 Å². The van der Waals surface area contributed by atoms with Crippen molar-refractivity contribution in [3.8, 4) is 0 Å². The lowest BCUT2D eigenvalue weighted by Gasteiger charge is -2.23. The van der Waals surface area contributed by atoms with E-state index in [1.165, 1.54) is 0 Å². The van der Waals surface area contributed by atoms with Gasteiger partial charge in [0.05, 0.1) is 0 Å². The molecule has 1 aliphatic rings. The van der Waals surface area contributed by atoms with Gasteiger partial charge in [0.2, 0.25) is 0 Å². The van der Waals surface area contributed by atoms with Gasteiger partial charge in [-0.05, 0) is 38.4 Å². The van der Waals surface area contributed by atoms with Crippen molar-refractivity contribution in [1.82, 2.24) is 4.90 Å². The molecule has 0 heterocycles. The van der Waals surface area contributed by atoms with Crippen LogP contribution in [0.5, 0.6) is 0 Å². The Morgan fingerprint density at radius 2 is 2.14 bits per heavy atom. The van der Waals surface area contributed by atoms with Crippen molar-refractivity contribution in [3.05, 3.63) is 23.4 Å². The Hall–Kier alpha value is -0.760. The van der Waals surface area contributed by atoms with Gasteiger partial charge in [-0.1, -0.05) is 25.5 Å². The Kier molecular flexibility index (Phi) is 4.21. The van der Waals surface area contributed by atoms with Crippen LogP contribution in [0, 0.1) is 5.92 Å². The molecule has 2 heteroatoms. The number of nitrogens with zero attached hydrogens (tertiary/aromatic N) is 1. The predicted octanol–water partition coefficient (Wildman–Crippen LogP) is 2.14. The molecule has 0 aliphatic heterocycles. The molecule has 0 amide bonds. The van der Waals surface area contributed by atoms with E-state index in [2.05, 4.69) is 37.9 Å². The van der Waals surface area contributed by atoms with Gasteiger partial charge in [-0.3, -0.25) is 0 Å². The highest BCUT2D eigenvalue weighted by Crippen LogP contribution is 2.22. The summed E-state index contributed by atoms with van der Waals surface area (Å²) < 4.78 is 0. The molecule has 0 bridgehead atoms. The summed E-state index contributed by atoms with van der Waals surface area (Å²) in [5.41, 5.74) is 8.29. The van der Waals surface area contributed by atoms with E-state index in [1.54, 1.807) is 5.57 Å². The van der Waals surface area contributed by atoms with E-state index in [0.717, 1.165) is 31.6 Å². The minimum Gasteiger partial charge on any atom is -0.402 e. The first-order valence-corrected chi connectivity index (χ1v) is 5.47. The molecule has 1 unspecified atom stereocenters. The van der Waals surface area contributed by atoms with E-state index in [1.807, 2.05) is 0 Å². The summed E-state index contributed by atoms with van der Waals surface area (Å²) in [4.78, 5) is 2.35. The molecule has 0 aromatic heterocycles. The number of allylic oxidation sites excluding steroid dienone is 3. The molecule has 0 spiro atoms. The maximum atomic E-state index is 5.73. The first-order chi connectivity index (χ1) is 6.63. The van der Waals surface area contributed by atoms with Crippen molar-refractivity contribution in [3.63, 3.8) is 0 Å². The summed E-state index contributed by atoms with van der Waals surface area (Å²) in [6, 6.07) is 0. The highest BCUT2D eigenvalue weighted by atomic mass is 15.1. The van der Waals surface area contributed by atoms with Crippen LogP contribution in [-0.4, -0.2) is 25.0 Å². The molecule has 0 saturated carbocycles. The second-order valence-electron chi connectivity index (χ2n) is 4.24. The zero-order valence-electron chi connectivity index (χ0n) is 9.59. The topological polar surface area (TPSA) is 29.3 Å². The van der Waals surface area contributed by atoms with Crippen LogP contribution < -0.4 is 5.73 Å². The molecular formula is C12H22N2. The van der Waals surface area contributed by atoms with E-state index >= 15 is 0 Å². The minimum absolute atomic E-state index is 0.657. The minimum atomic E-state index is 0.657. The van der Waals surface area contributed by atoms with Crippen LogP contribution in [-0.2, 0) is 0 Å². The SMILES string of the molecule is CCN(C)CC(C)C1=CC=C(N)CC1. The second kappa shape index (κ2) is 5.20. The molecule has 0 radical (unpaired) electrons. The Labute approximate surface area is 87.5 Å². The van der Waals surface area contributed by atoms with E-state index in [4.69, 9.17) is 5.73 Å². The lowest BCUT2D eigenvalue weighted by molar-refractivity contribution is 0.315. The van der Waals surface area contributed by atoms with Gasteiger partial charge in [-0.15, -0.1) is 0 Å². The summed E-state index contributed by atoms with van der Waals surface area (Å²) in [5.74, 6) is 0.657. The van der Waals surface area contributed by atoms with Gasteiger partial charge in [-0.25, -0.2) is 0 Å². The summed E-state index contributed by atoms with van der Waals surface area (Å²) in [7, 11) is 2.17. The maximum Gasteiger partial charge on any atom is 0.00836 e. The van der Waals surface area contributed by atoms with Crippen LogP contribution in [0.25, 0.3) is 0 Å². The molecule has 0 saturated heterocycles. The Morgan fingerprint density at radius 3 is 2.64 bits per heavy atom. The number of rotatable bonds is 4. The molecule has 0 aromatic rings. The van der Waals surface area contributed by atoms with Gasteiger partial charge in [0.25, 0.3) is 0 Å². The largest absolute Gasteiger partial charge is 0.402 e. The lowest BCUT2D eigenvalue weighted by Crippen LogP contribution is -2.25. The Morgan fingerprint density at radius 1 is 1.43 bits per heavy atom. The van der Waals surface area contributed by atoms with Crippen molar-refractivity contribution >= 4 is 0 Å². The Bertz CT molecular complexity index is 241. The molecule has 1 atom stereocenters. The van der Waals surface area contributed by atoms with Gasteiger partial charge in [-0.2, -0.15) is 0 Å². The lowest BCUT2D eigenvalue weighted by atomic mass is 9.92. The third-order valence-corrected chi connectivity index (χ3v) is 2.97. The van der Waals surface area contributed by atoms with Crippen LogP contribution >= 0.6 is 0 Å². The number of hydrogen-bond acceptors (Lipinski definition) is 2. The summed E-state index contributed by atoms with van der Waals surface area (Å²) in [5, 5.41) is 0. The van der Waals surface area contributed by atoms with Crippen molar-refractivity contribution in [1.29, 1.82) is 0 Å². The average Bonchev–Trinajstić information content (AvgIpc) is 2.18. The fraction of sp³-hybridized carbons (Fsp3) is 0.667. The van der Waals surface area contributed by atoms with Crippen LogP contribution in [0.15, 0.2) is 23.4 Å². The fourth-order valence-corrected chi connectivity index (χ4v) is 1.79. The quantitative estimate of drug-likeness (QED) is 0.743. The number of nitrogens with two attached hydrogens (primary N) is 1. The van der Waals surface area contributed by atoms with Crippen molar-refractivity contribution in [2.75, 3.05) is 20.1 Å². The zero-order chi connectivity index (χ0) is 10.6. The fourth-order valence-electron chi connectivity index (χ4n) is 1.79. The molecule has 80 valence electrons. The molecule has 2 N–H and O–H groups in total. The van der Waals surface area contributed by atoms with Crippen molar-refractivity contribution in [2.24, 2.45) is 11.7 Å². The van der Waals surface area contributed by atoms with Crippen molar-refractivity contribution in [2.45, 2.75) is 26.7 Å². The zero-order valence-corrected chi connectivity index (χ0v) is 9.59. The molecule has 14 heavy (non-hydrogen) atoms. The Balaban J connectivity index is 2.49. The first kappa shape index (κ1) is 11.3. The van der Waals surface area contributed by atoms with Gasteiger partial charge in [0.1, 0.15) is 0 Å². The average molecular weight is 194 g/mol. The molecule has 0 aromatic carbocycles. The van der Waals surface area contributed by atoms with Gasteiger partial charge >= 0.3 is 0 Å². The maximum absolute atomic E-state index is 5.73. The van der Waals surface area contributed by atoms with Crippen LogP contribution in [0.2, 0.25) is 0 Å². The van der Waals surface area contributed by atoms with E-state index in [-0.39, 0.29) is 0 Å². The molecule has 2 nitrogen and oxygen atoms in total. The molecule has 1 aliphatic carbocycles. The van der Waals surface area contributed by atoms with E-state index < -0.39 is 0 Å². The van der Waals surface area contributed by atoms with E-state index in [9.17, 15) is 0 Å². The second-order valence-corrected chi connectivity index (χ2v) is 4.24. The van der Waals surface area contributed by atoms with E-state index in [0.29, 0.717) is 5.92 Å². The van der Waals surface area contributed by atoms with Crippen LogP contribution in [0.1, 0.15) is 26.7 Å². The monoisotopic (exact) mass is 194 g/mol. The summed E-state index contributed by atoms with van der Waals surface area (Å²) in [6.07, 6.45) is 6.43.